The van der Waals surface area contributed by atoms with Crippen LogP contribution in [-0.2, 0) is 32.6 Å². The van der Waals surface area contributed by atoms with Crippen LogP contribution in [0.4, 0.5) is 10.1 Å². The van der Waals surface area contributed by atoms with Gasteiger partial charge >= 0.3 is 0 Å². The van der Waals surface area contributed by atoms with Gasteiger partial charge in [-0.25, -0.2) is 12.8 Å². The van der Waals surface area contributed by atoms with Gasteiger partial charge < -0.3 is 10.2 Å². The van der Waals surface area contributed by atoms with E-state index in [4.69, 9.17) is 11.6 Å². The molecule has 0 aliphatic rings. The van der Waals surface area contributed by atoms with Gasteiger partial charge in [0.2, 0.25) is 11.8 Å². The number of sulfonamides is 1. The molecule has 4 aromatic carbocycles. The van der Waals surface area contributed by atoms with E-state index in [1.165, 1.54) is 35.2 Å². The van der Waals surface area contributed by atoms with Crippen LogP contribution in [0.3, 0.4) is 0 Å². The van der Waals surface area contributed by atoms with Crippen molar-refractivity contribution in [3.05, 3.63) is 131 Å². The zero-order valence-corrected chi connectivity index (χ0v) is 26.4. The van der Waals surface area contributed by atoms with Gasteiger partial charge in [0.15, 0.2) is 0 Å². The molecule has 0 unspecified atom stereocenters. The van der Waals surface area contributed by atoms with Crippen LogP contribution in [0.15, 0.2) is 108 Å². The van der Waals surface area contributed by atoms with Gasteiger partial charge in [-0.05, 0) is 62.2 Å². The maximum atomic E-state index is 15.0. The lowest BCUT2D eigenvalue weighted by atomic mass is 10.0. The minimum Gasteiger partial charge on any atom is -0.352 e. The summed E-state index contributed by atoms with van der Waals surface area (Å²) >= 11 is 6.40. The standard InChI is InChI=1S/C34H35ClFN3O4S/c1-24(2)37-34(41)32(21-26-13-6-4-7-14-26)38(22-27-15-10-11-19-30(27)36)33(40)23-39(31-20-12-18-29(35)25(31)3)44(42,43)28-16-8-5-9-17-28/h4-20,24,32H,21-23H2,1-3H3,(H,37,41)/t32-/m1/s1. The van der Waals surface area contributed by atoms with E-state index in [9.17, 15) is 22.4 Å². The summed E-state index contributed by atoms with van der Waals surface area (Å²) in [5.74, 6) is -1.68. The molecule has 0 aliphatic heterocycles. The average Bonchev–Trinajstić information content (AvgIpc) is 3.00. The summed E-state index contributed by atoms with van der Waals surface area (Å²) in [7, 11) is -4.27. The number of rotatable bonds is 12. The number of halogens is 2. The molecule has 7 nitrogen and oxygen atoms in total. The second-order valence-electron chi connectivity index (χ2n) is 10.7. The minimum atomic E-state index is -4.27. The second-order valence-corrected chi connectivity index (χ2v) is 13.0. The molecule has 0 heterocycles. The highest BCUT2D eigenvalue weighted by molar-refractivity contribution is 7.92. The Morgan fingerprint density at radius 2 is 1.48 bits per heavy atom. The smallest absolute Gasteiger partial charge is 0.264 e. The summed E-state index contributed by atoms with van der Waals surface area (Å²) in [5.41, 5.74) is 1.64. The number of hydrogen-bond donors (Lipinski definition) is 1. The SMILES string of the molecule is Cc1c(Cl)cccc1N(CC(=O)N(Cc1ccccc1F)[C@H](Cc1ccccc1)C(=O)NC(C)C)S(=O)(=O)c1ccccc1. The maximum Gasteiger partial charge on any atom is 0.264 e. The Kier molecular flexibility index (Phi) is 10.8. The number of benzene rings is 4. The Hall–Kier alpha value is -4.21. The van der Waals surface area contributed by atoms with Crippen molar-refractivity contribution in [2.24, 2.45) is 0 Å². The molecule has 1 N–H and O–H groups in total. The third-order valence-electron chi connectivity index (χ3n) is 7.12. The Morgan fingerprint density at radius 3 is 2.11 bits per heavy atom. The topological polar surface area (TPSA) is 86.8 Å². The lowest BCUT2D eigenvalue weighted by molar-refractivity contribution is -0.140. The van der Waals surface area contributed by atoms with Gasteiger partial charge in [-0.1, -0.05) is 84.4 Å². The summed E-state index contributed by atoms with van der Waals surface area (Å²) in [6.07, 6.45) is 0.126. The van der Waals surface area contributed by atoms with E-state index in [1.807, 2.05) is 30.3 Å². The molecule has 0 spiro atoms. The number of carbonyl (C=O) groups excluding carboxylic acids is 2. The Labute approximate surface area is 263 Å². The second kappa shape index (κ2) is 14.5. The van der Waals surface area contributed by atoms with Crippen molar-refractivity contribution in [2.45, 2.75) is 50.7 Å². The molecule has 2 amide bonds. The van der Waals surface area contributed by atoms with Crippen molar-refractivity contribution in [1.29, 1.82) is 0 Å². The van der Waals surface area contributed by atoms with Crippen LogP contribution in [0.1, 0.15) is 30.5 Å². The lowest BCUT2D eigenvalue weighted by Crippen LogP contribution is -2.54. The van der Waals surface area contributed by atoms with E-state index in [2.05, 4.69) is 5.32 Å². The minimum absolute atomic E-state index is 0.0220. The van der Waals surface area contributed by atoms with E-state index in [-0.39, 0.29) is 35.2 Å². The Morgan fingerprint density at radius 1 is 0.864 bits per heavy atom. The molecule has 0 radical (unpaired) electrons. The number of hydrogen-bond acceptors (Lipinski definition) is 4. The van der Waals surface area contributed by atoms with Gasteiger partial charge in [0.25, 0.3) is 10.0 Å². The molecular formula is C34H35ClFN3O4S. The number of nitrogens with one attached hydrogen (secondary N) is 1. The molecule has 230 valence electrons. The van der Waals surface area contributed by atoms with E-state index in [0.717, 1.165) is 9.87 Å². The van der Waals surface area contributed by atoms with Crippen molar-refractivity contribution in [3.8, 4) is 0 Å². The predicted octanol–water partition coefficient (Wildman–Crippen LogP) is 6.15. The van der Waals surface area contributed by atoms with Crippen LogP contribution in [0, 0.1) is 12.7 Å². The third kappa shape index (κ3) is 7.84. The highest BCUT2D eigenvalue weighted by Crippen LogP contribution is 2.31. The first kappa shape index (κ1) is 32.7. The van der Waals surface area contributed by atoms with Crippen molar-refractivity contribution < 1.29 is 22.4 Å². The monoisotopic (exact) mass is 635 g/mol. The molecule has 10 heteroatoms. The van der Waals surface area contributed by atoms with Crippen molar-refractivity contribution >= 4 is 39.1 Å². The zero-order valence-electron chi connectivity index (χ0n) is 24.8. The molecule has 0 saturated carbocycles. The van der Waals surface area contributed by atoms with Gasteiger partial charge in [-0.2, -0.15) is 0 Å². The molecule has 0 fully saturated rings. The normalized spacial score (nSPS) is 12.0. The van der Waals surface area contributed by atoms with Gasteiger partial charge in [-0.15, -0.1) is 0 Å². The largest absolute Gasteiger partial charge is 0.352 e. The fourth-order valence-corrected chi connectivity index (χ4v) is 6.51. The van der Waals surface area contributed by atoms with Crippen LogP contribution < -0.4 is 9.62 Å². The first-order valence-corrected chi connectivity index (χ1v) is 16.0. The van der Waals surface area contributed by atoms with Gasteiger partial charge in [0, 0.05) is 29.6 Å². The lowest BCUT2D eigenvalue weighted by Gasteiger charge is -2.34. The predicted molar refractivity (Wildman–Crippen MR) is 171 cm³/mol. The summed E-state index contributed by atoms with van der Waals surface area (Å²) in [6.45, 7) is 4.35. The van der Waals surface area contributed by atoms with Gasteiger partial charge in [0.05, 0.1) is 10.6 Å². The van der Waals surface area contributed by atoms with Crippen molar-refractivity contribution in [1.82, 2.24) is 10.2 Å². The summed E-state index contributed by atoms with van der Waals surface area (Å²) < 4.78 is 44.2. The molecule has 0 saturated heterocycles. The Bertz CT molecular complexity index is 1700. The van der Waals surface area contributed by atoms with Crippen molar-refractivity contribution in [3.63, 3.8) is 0 Å². The molecule has 1 atom stereocenters. The number of anilines is 1. The number of nitrogens with zero attached hydrogens (tertiary/aromatic N) is 2. The zero-order chi connectivity index (χ0) is 31.9. The highest BCUT2D eigenvalue weighted by Gasteiger charge is 2.35. The van der Waals surface area contributed by atoms with E-state index in [0.29, 0.717) is 10.6 Å². The first-order chi connectivity index (χ1) is 21.0. The number of amides is 2. The summed E-state index contributed by atoms with van der Waals surface area (Å²) in [6, 6.07) is 26.4. The maximum absolute atomic E-state index is 15.0. The molecule has 4 aromatic rings. The molecule has 0 aliphatic carbocycles. The fraction of sp³-hybridized carbons (Fsp3) is 0.235. The first-order valence-electron chi connectivity index (χ1n) is 14.2. The van der Waals surface area contributed by atoms with Crippen LogP contribution in [-0.4, -0.2) is 43.8 Å². The quantitative estimate of drug-likeness (QED) is 0.202. The molecular weight excluding hydrogens is 601 g/mol. The average molecular weight is 636 g/mol. The van der Waals surface area contributed by atoms with Crippen molar-refractivity contribution in [2.75, 3.05) is 10.8 Å². The molecule has 4 rings (SSSR count). The van der Waals surface area contributed by atoms with Crippen LogP contribution in [0.5, 0.6) is 0 Å². The molecule has 0 aromatic heterocycles. The number of carbonyl (C=O) groups is 2. The van der Waals surface area contributed by atoms with E-state index < -0.39 is 40.2 Å². The van der Waals surface area contributed by atoms with Gasteiger partial charge in [-0.3, -0.25) is 13.9 Å². The summed E-state index contributed by atoms with van der Waals surface area (Å²) in [4.78, 5) is 29.4. The molecule has 0 bridgehead atoms. The van der Waals surface area contributed by atoms with Crippen LogP contribution in [0.2, 0.25) is 5.02 Å². The summed E-state index contributed by atoms with van der Waals surface area (Å²) in [5, 5.41) is 3.20. The highest BCUT2D eigenvalue weighted by atomic mass is 35.5. The Balaban J connectivity index is 1.84. The van der Waals surface area contributed by atoms with Crippen LogP contribution >= 0.6 is 11.6 Å². The van der Waals surface area contributed by atoms with Crippen LogP contribution in [0.25, 0.3) is 0 Å². The van der Waals surface area contributed by atoms with Gasteiger partial charge in [0.1, 0.15) is 18.4 Å². The fourth-order valence-electron chi connectivity index (χ4n) is 4.84. The van der Waals surface area contributed by atoms with E-state index in [1.54, 1.807) is 63.2 Å². The van der Waals surface area contributed by atoms with E-state index >= 15 is 0 Å². The third-order valence-corrected chi connectivity index (χ3v) is 9.30. The molecule has 44 heavy (non-hydrogen) atoms.